The average Bonchev–Trinajstić information content (AvgIpc) is 3.16. The summed E-state index contributed by atoms with van der Waals surface area (Å²) < 4.78 is 1.67. The fraction of sp³-hybridized carbons (Fsp3) is 0.0556. The topological polar surface area (TPSA) is 101 Å². The first-order valence-corrected chi connectivity index (χ1v) is 8.11. The summed E-state index contributed by atoms with van der Waals surface area (Å²) in [5.74, 6) is 0.419. The number of nitrogens with zero attached hydrogens (tertiary/aromatic N) is 5. The van der Waals surface area contributed by atoms with Crippen LogP contribution in [0.25, 0.3) is 11.3 Å². The molecule has 2 aromatic heterocycles. The lowest BCUT2D eigenvalue weighted by atomic mass is 9.92. The molecule has 3 heterocycles. The zero-order valence-electron chi connectivity index (χ0n) is 13.5. The molecule has 26 heavy (non-hydrogen) atoms. The Kier molecular flexibility index (Phi) is 3.14. The van der Waals surface area contributed by atoms with Crippen LogP contribution >= 0.6 is 0 Å². The van der Waals surface area contributed by atoms with Gasteiger partial charge in [0.05, 0.1) is 5.69 Å². The van der Waals surface area contributed by atoms with Crippen LogP contribution in [0.1, 0.15) is 17.2 Å². The molecule has 0 saturated carbocycles. The molecule has 8 heteroatoms. The van der Waals surface area contributed by atoms with Crippen LogP contribution in [0.2, 0.25) is 0 Å². The van der Waals surface area contributed by atoms with Crippen molar-refractivity contribution in [2.75, 3.05) is 5.32 Å². The summed E-state index contributed by atoms with van der Waals surface area (Å²) >= 11 is 0. The van der Waals surface area contributed by atoms with Gasteiger partial charge in [-0.1, -0.05) is 65.8 Å². The second kappa shape index (κ2) is 5.62. The van der Waals surface area contributed by atoms with Gasteiger partial charge in [-0.25, -0.2) is 5.10 Å². The number of hydrogen-bond donors (Lipinski definition) is 2. The van der Waals surface area contributed by atoms with Crippen LogP contribution in [0.5, 0.6) is 0 Å². The standard InChI is InChI=1S/C18H13N7O/c26-17-15-13(14(20-21-17)11-7-3-1-4-8-11)16(12-9-5-2-6-10-12)25-18(19-15)22-23-24-25/h1-10,16H,(H,21,26)(H,19,22,24)/t16-/m1/s1. The lowest BCUT2D eigenvalue weighted by Gasteiger charge is -2.27. The number of aromatic nitrogens is 6. The molecule has 0 unspecified atom stereocenters. The zero-order chi connectivity index (χ0) is 17.5. The van der Waals surface area contributed by atoms with Crippen molar-refractivity contribution in [2.24, 2.45) is 0 Å². The van der Waals surface area contributed by atoms with Crippen molar-refractivity contribution in [3.05, 3.63) is 82.1 Å². The zero-order valence-corrected chi connectivity index (χ0v) is 13.5. The van der Waals surface area contributed by atoms with Crippen molar-refractivity contribution in [1.29, 1.82) is 0 Å². The molecular weight excluding hydrogens is 330 g/mol. The Morgan fingerprint density at radius 3 is 2.46 bits per heavy atom. The molecule has 1 aliphatic rings. The largest absolute Gasteiger partial charge is 0.318 e. The number of aromatic amines is 1. The first kappa shape index (κ1) is 14.5. The molecule has 8 nitrogen and oxygen atoms in total. The highest BCUT2D eigenvalue weighted by Gasteiger charge is 2.34. The Balaban J connectivity index is 1.84. The van der Waals surface area contributed by atoms with Gasteiger partial charge in [-0.2, -0.15) is 9.78 Å². The van der Waals surface area contributed by atoms with E-state index < -0.39 is 0 Å². The van der Waals surface area contributed by atoms with E-state index >= 15 is 0 Å². The molecule has 1 atom stereocenters. The lowest BCUT2D eigenvalue weighted by Crippen LogP contribution is -2.29. The van der Waals surface area contributed by atoms with Gasteiger partial charge in [-0.3, -0.25) is 4.79 Å². The quantitative estimate of drug-likeness (QED) is 0.509. The third kappa shape index (κ3) is 2.12. The van der Waals surface area contributed by atoms with Gasteiger partial charge in [0.15, 0.2) is 0 Å². The molecule has 0 saturated heterocycles. The Morgan fingerprint density at radius 2 is 1.69 bits per heavy atom. The summed E-state index contributed by atoms with van der Waals surface area (Å²) in [6.45, 7) is 0. The van der Waals surface area contributed by atoms with E-state index in [9.17, 15) is 4.79 Å². The van der Waals surface area contributed by atoms with Crippen LogP contribution in [0.15, 0.2) is 65.5 Å². The van der Waals surface area contributed by atoms with Gasteiger partial charge in [-0.15, -0.1) is 0 Å². The first-order chi connectivity index (χ1) is 12.8. The number of rotatable bonds is 2. The van der Waals surface area contributed by atoms with Crippen molar-refractivity contribution in [2.45, 2.75) is 6.04 Å². The monoisotopic (exact) mass is 343 g/mol. The van der Waals surface area contributed by atoms with Crippen LogP contribution in [-0.4, -0.2) is 30.4 Å². The highest BCUT2D eigenvalue weighted by atomic mass is 16.1. The van der Waals surface area contributed by atoms with Crippen LogP contribution in [0.4, 0.5) is 11.6 Å². The summed E-state index contributed by atoms with van der Waals surface area (Å²) in [6, 6.07) is 19.2. The van der Waals surface area contributed by atoms with Crippen molar-refractivity contribution in [3.63, 3.8) is 0 Å². The predicted octanol–water partition coefficient (Wildman–Crippen LogP) is 2.12. The second-order valence-corrected chi connectivity index (χ2v) is 5.94. The maximum absolute atomic E-state index is 12.5. The van der Waals surface area contributed by atoms with E-state index in [1.165, 1.54) is 0 Å². The normalized spacial score (nSPS) is 15.0. The molecule has 0 fully saturated rings. The van der Waals surface area contributed by atoms with E-state index in [1.807, 2.05) is 60.7 Å². The molecule has 2 N–H and O–H groups in total. The number of benzene rings is 2. The minimum atomic E-state index is -0.359. The Morgan fingerprint density at radius 1 is 0.962 bits per heavy atom. The summed E-state index contributed by atoms with van der Waals surface area (Å²) in [5.41, 5.74) is 3.39. The maximum Gasteiger partial charge on any atom is 0.288 e. The molecule has 5 rings (SSSR count). The van der Waals surface area contributed by atoms with Gasteiger partial charge in [0.25, 0.3) is 5.56 Å². The van der Waals surface area contributed by atoms with Gasteiger partial charge < -0.3 is 5.32 Å². The molecule has 4 aromatic rings. The predicted molar refractivity (Wildman–Crippen MR) is 95.1 cm³/mol. The van der Waals surface area contributed by atoms with E-state index in [1.54, 1.807) is 4.68 Å². The number of anilines is 2. The highest BCUT2D eigenvalue weighted by Crippen LogP contribution is 2.40. The van der Waals surface area contributed by atoms with E-state index in [-0.39, 0.29) is 11.6 Å². The summed E-state index contributed by atoms with van der Waals surface area (Å²) in [7, 11) is 0. The molecule has 0 amide bonds. The summed E-state index contributed by atoms with van der Waals surface area (Å²) in [4.78, 5) is 12.5. The third-order valence-corrected chi connectivity index (χ3v) is 4.43. The summed E-state index contributed by atoms with van der Waals surface area (Å²) in [6.07, 6.45) is 0. The van der Waals surface area contributed by atoms with Crippen LogP contribution in [0, 0.1) is 0 Å². The molecule has 126 valence electrons. The maximum atomic E-state index is 12.5. The molecular formula is C18H13N7O. The van der Waals surface area contributed by atoms with Gasteiger partial charge >= 0.3 is 0 Å². The molecule has 0 spiro atoms. The van der Waals surface area contributed by atoms with E-state index in [4.69, 9.17) is 0 Å². The molecule has 0 bridgehead atoms. The lowest BCUT2D eigenvalue weighted by molar-refractivity contribution is 0.567. The van der Waals surface area contributed by atoms with Gasteiger partial charge in [0.2, 0.25) is 5.95 Å². The molecule has 2 aromatic carbocycles. The van der Waals surface area contributed by atoms with Crippen molar-refractivity contribution in [3.8, 4) is 11.3 Å². The minimum absolute atomic E-state index is 0.310. The van der Waals surface area contributed by atoms with E-state index in [0.29, 0.717) is 17.3 Å². The Hall–Kier alpha value is -3.81. The van der Waals surface area contributed by atoms with Crippen molar-refractivity contribution in [1.82, 2.24) is 30.4 Å². The fourth-order valence-corrected chi connectivity index (χ4v) is 3.30. The number of tetrazole rings is 1. The number of fused-ring (bicyclic) bond motifs is 2. The average molecular weight is 343 g/mol. The van der Waals surface area contributed by atoms with E-state index in [0.717, 1.165) is 16.7 Å². The van der Waals surface area contributed by atoms with Crippen LogP contribution in [0.3, 0.4) is 0 Å². The Labute approximate surface area is 147 Å². The number of hydrogen-bond acceptors (Lipinski definition) is 6. The second-order valence-electron chi connectivity index (χ2n) is 5.94. The molecule has 1 aliphatic heterocycles. The molecule has 0 aliphatic carbocycles. The van der Waals surface area contributed by atoms with E-state index in [2.05, 4.69) is 31.0 Å². The number of nitrogens with one attached hydrogen (secondary N) is 2. The highest BCUT2D eigenvalue weighted by molar-refractivity contribution is 5.75. The smallest absolute Gasteiger partial charge is 0.288 e. The van der Waals surface area contributed by atoms with Crippen LogP contribution in [-0.2, 0) is 0 Å². The minimum Gasteiger partial charge on any atom is -0.318 e. The van der Waals surface area contributed by atoms with Gasteiger partial charge in [0, 0.05) is 11.1 Å². The van der Waals surface area contributed by atoms with Gasteiger partial charge in [0.1, 0.15) is 11.7 Å². The van der Waals surface area contributed by atoms with Crippen molar-refractivity contribution >= 4 is 11.6 Å². The number of H-pyrrole nitrogens is 1. The SMILES string of the molecule is O=c1[nH]nc(-c2ccccc2)c2c1Nc1nnnn1[C@@H]2c1ccccc1. The summed E-state index contributed by atoms with van der Waals surface area (Å²) in [5, 5.41) is 21.8. The van der Waals surface area contributed by atoms with Crippen molar-refractivity contribution < 1.29 is 0 Å². The van der Waals surface area contributed by atoms with Gasteiger partial charge in [-0.05, 0) is 16.0 Å². The van der Waals surface area contributed by atoms with Crippen LogP contribution < -0.4 is 10.9 Å². The fourth-order valence-electron chi connectivity index (χ4n) is 3.30. The molecule has 0 radical (unpaired) electrons. The first-order valence-electron chi connectivity index (χ1n) is 8.11. The third-order valence-electron chi connectivity index (χ3n) is 4.43. The Bertz CT molecular complexity index is 1140.